The molecule has 1 heteroatoms. The minimum absolute atomic E-state index is 0.654. The Balaban J connectivity index is 2.57. The second kappa shape index (κ2) is 9.85. The Morgan fingerprint density at radius 2 is 1.50 bits per heavy atom. The van der Waals surface area contributed by atoms with Gasteiger partial charge in [-0.05, 0) is 61.7 Å². The maximum Gasteiger partial charge on any atom is 0.00784 e. The number of hydrogen-bond acceptors (Lipinski definition) is 1. The van der Waals surface area contributed by atoms with Crippen LogP contribution >= 0.6 is 11.8 Å². The van der Waals surface area contributed by atoms with Crippen molar-refractivity contribution in [3.63, 3.8) is 0 Å². The maximum atomic E-state index is 4.08. The van der Waals surface area contributed by atoms with Crippen LogP contribution in [0, 0.1) is 29.6 Å². The molecule has 1 aliphatic rings. The molecule has 0 aromatic carbocycles. The molecular formula is C21H38S. The molecule has 7 unspecified atom stereocenters. The maximum absolute atomic E-state index is 4.08. The lowest BCUT2D eigenvalue weighted by atomic mass is 9.78. The van der Waals surface area contributed by atoms with Gasteiger partial charge in [0.05, 0.1) is 0 Å². The van der Waals surface area contributed by atoms with Crippen molar-refractivity contribution < 1.29 is 0 Å². The van der Waals surface area contributed by atoms with Crippen LogP contribution in [0.3, 0.4) is 0 Å². The first-order valence-electron chi connectivity index (χ1n) is 9.38. The Bertz CT molecular complexity index is 333. The van der Waals surface area contributed by atoms with E-state index in [-0.39, 0.29) is 0 Å². The van der Waals surface area contributed by atoms with Crippen LogP contribution in [0.25, 0.3) is 0 Å². The van der Waals surface area contributed by atoms with Gasteiger partial charge in [0.25, 0.3) is 0 Å². The predicted octanol–water partition coefficient (Wildman–Crippen LogP) is 6.97. The van der Waals surface area contributed by atoms with E-state index >= 15 is 0 Å². The van der Waals surface area contributed by atoms with Crippen LogP contribution in [0.1, 0.15) is 66.7 Å². The van der Waals surface area contributed by atoms with E-state index in [1.807, 2.05) is 0 Å². The summed E-state index contributed by atoms with van der Waals surface area (Å²) in [5.41, 5.74) is 0. The van der Waals surface area contributed by atoms with E-state index < -0.39 is 0 Å². The normalized spacial score (nSPS) is 34.9. The fourth-order valence-corrected chi connectivity index (χ4v) is 5.86. The van der Waals surface area contributed by atoms with Crippen molar-refractivity contribution in [3.05, 3.63) is 25.3 Å². The zero-order valence-electron chi connectivity index (χ0n) is 15.6. The van der Waals surface area contributed by atoms with Crippen LogP contribution in [-0.4, -0.2) is 10.5 Å². The van der Waals surface area contributed by atoms with Crippen LogP contribution in [-0.2, 0) is 0 Å². The van der Waals surface area contributed by atoms with E-state index in [1.54, 1.807) is 0 Å². The highest BCUT2D eigenvalue weighted by Crippen LogP contribution is 2.46. The predicted molar refractivity (Wildman–Crippen MR) is 104 cm³/mol. The molecule has 0 N–H and O–H groups in total. The standard InChI is InChI=1S/C21H38S/c1-8-18(9-2)14-19(10-3)12-13-21-17(7)15(5)16(6)20(11-4)22-21/h8,10,15-21H,1,3,9,11-14H2,2,4-7H3. The first-order valence-corrected chi connectivity index (χ1v) is 10.3. The van der Waals surface area contributed by atoms with E-state index in [1.165, 1.54) is 32.1 Å². The van der Waals surface area contributed by atoms with Crippen LogP contribution in [0.4, 0.5) is 0 Å². The minimum atomic E-state index is 0.654. The molecule has 1 saturated heterocycles. The minimum Gasteiger partial charge on any atom is -0.155 e. The molecule has 1 aliphatic heterocycles. The highest BCUT2D eigenvalue weighted by atomic mass is 32.2. The van der Waals surface area contributed by atoms with Gasteiger partial charge in [-0.3, -0.25) is 0 Å². The van der Waals surface area contributed by atoms with E-state index in [0.29, 0.717) is 11.8 Å². The first-order chi connectivity index (χ1) is 10.5. The molecule has 0 saturated carbocycles. The second-order valence-corrected chi connectivity index (χ2v) is 8.89. The molecule has 0 aromatic heterocycles. The zero-order valence-corrected chi connectivity index (χ0v) is 16.4. The molecule has 1 heterocycles. The third kappa shape index (κ3) is 5.18. The van der Waals surface area contributed by atoms with E-state index in [2.05, 4.69) is 71.7 Å². The Morgan fingerprint density at radius 1 is 0.909 bits per heavy atom. The fraction of sp³-hybridized carbons (Fsp3) is 0.810. The summed E-state index contributed by atoms with van der Waals surface area (Å²) in [4.78, 5) is 0. The average molecular weight is 323 g/mol. The van der Waals surface area contributed by atoms with E-state index in [9.17, 15) is 0 Å². The molecule has 0 radical (unpaired) electrons. The number of hydrogen-bond donors (Lipinski definition) is 0. The van der Waals surface area contributed by atoms with Gasteiger partial charge in [-0.1, -0.05) is 46.8 Å². The van der Waals surface area contributed by atoms with Gasteiger partial charge in [0.2, 0.25) is 0 Å². The molecule has 0 spiro atoms. The Kier molecular flexibility index (Phi) is 8.90. The summed E-state index contributed by atoms with van der Waals surface area (Å²) in [5.74, 6) is 3.87. The number of allylic oxidation sites excluding steroid dienone is 2. The monoisotopic (exact) mass is 322 g/mol. The van der Waals surface area contributed by atoms with Gasteiger partial charge in [-0.15, -0.1) is 13.2 Å². The highest BCUT2D eigenvalue weighted by molar-refractivity contribution is 8.00. The lowest BCUT2D eigenvalue weighted by molar-refractivity contribution is 0.239. The van der Waals surface area contributed by atoms with Crippen molar-refractivity contribution in [2.75, 3.05) is 0 Å². The van der Waals surface area contributed by atoms with Crippen LogP contribution in [0.2, 0.25) is 0 Å². The lowest BCUT2D eigenvalue weighted by Crippen LogP contribution is -2.38. The van der Waals surface area contributed by atoms with Crippen LogP contribution in [0.15, 0.2) is 25.3 Å². The fourth-order valence-electron chi connectivity index (χ4n) is 3.96. The van der Waals surface area contributed by atoms with Gasteiger partial charge in [0, 0.05) is 10.5 Å². The van der Waals surface area contributed by atoms with Crippen molar-refractivity contribution in [1.82, 2.24) is 0 Å². The van der Waals surface area contributed by atoms with Gasteiger partial charge < -0.3 is 0 Å². The number of rotatable bonds is 9. The van der Waals surface area contributed by atoms with Crippen molar-refractivity contribution in [1.29, 1.82) is 0 Å². The summed E-state index contributed by atoms with van der Waals surface area (Å²) in [6, 6.07) is 0. The number of thioether (sulfide) groups is 1. The van der Waals surface area contributed by atoms with Gasteiger partial charge in [0.15, 0.2) is 0 Å². The summed E-state index contributed by atoms with van der Waals surface area (Å²) in [6.45, 7) is 20.1. The smallest absolute Gasteiger partial charge is 0.00784 e. The first kappa shape index (κ1) is 19.9. The summed E-state index contributed by atoms with van der Waals surface area (Å²) in [6.07, 6.45) is 10.7. The second-order valence-electron chi connectivity index (χ2n) is 7.41. The van der Waals surface area contributed by atoms with Crippen LogP contribution in [0.5, 0.6) is 0 Å². The van der Waals surface area contributed by atoms with Gasteiger partial charge in [-0.25, -0.2) is 0 Å². The van der Waals surface area contributed by atoms with E-state index in [4.69, 9.17) is 0 Å². The molecule has 1 rings (SSSR count). The molecule has 0 bridgehead atoms. The van der Waals surface area contributed by atoms with Crippen LogP contribution < -0.4 is 0 Å². The third-order valence-corrected chi connectivity index (χ3v) is 8.33. The van der Waals surface area contributed by atoms with Gasteiger partial charge >= 0.3 is 0 Å². The Morgan fingerprint density at radius 3 is 2.00 bits per heavy atom. The van der Waals surface area contributed by atoms with Crippen molar-refractivity contribution in [3.8, 4) is 0 Å². The topological polar surface area (TPSA) is 0 Å². The average Bonchev–Trinajstić information content (AvgIpc) is 2.54. The molecule has 0 amide bonds. The lowest BCUT2D eigenvalue weighted by Gasteiger charge is -2.43. The third-order valence-electron chi connectivity index (χ3n) is 6.20. The Labute approximate surface area is 144 Å². The van der Waals surface area contributed by atoms with E-state index in [0.717, 1.165) is 28.3 Å². The molecule has 0 nitrogen and oxygen atoms in total. The molecular weight excluding hydrogens is 284 g/mol. The molecule has 22 heavy (non-hydrogen) atoms. The molecule has 0 aliphatic carbocycles. The Hall–Kier alpha value is -0.170. The zero-order chi connectivity index (χ0) is 16.7. The summed E-state index contributed by atoms with van der Waals surface area (Å²) in [7, 11) is 0. The van der Waals surface area contributed by atoms with Crippen molar-refractivity contribution in [2.24, 2.45) is 29.6 Å². The summed E-state index contributed by atoms with van der Waals surface area (Å²) < 4.78 is 0. The SMILES string of the molecule is C=CC(CC)CC(C=C)CCC1SC(CC)C(C)C(C)C1C. The van der Waals surface area contributed by atoms with Crippen molar-refractivity contribution in [2.45, 2.75) is 77.2 Å². The highest BCUT2D eigenvalue weighted by Gasteiger charge is 2.37. The summed E-state index contributed by atoms with van der Waals surface area (Å²) >= 11 is 2.28. The summed E-state index contributed by atoms with van der Waals surface area (Å²) in [5, 5.41) is 1.69. The van der Waals surface area contributed by atoms with Gasteiger partial charge in [0.1, 0.15) is 0 Å². The van der Waals surface area contributed by atoms with Crippen molar-refractivity contribution >= 4 is 11.8 Å². The molecule has 128 valence electrons. The van der Waals surface area contributed by atoms with Gasteiger partial charge in [-0.2, -0.15) is 11.8 Å². The quantitative estimate of drug-likeness (QED) is 0.413. The molecule has 1 fully saturated rings. The largest absolute Gasteiger partial charge is 0.155 e. The molecule has 0 aromatic rings. The molecule has 7 atom stereocenters.